The maximum Gasteiger partial charge on any atom is 0.337 e. The molecule has 1 aromatic carbocycles. The first-order valence-corrected chi connectivity index (χ1v) is 8.17. The number of rotatable bonds is 3. The van der Waals surface area contributed by atoms with Gasteiger partial charge in [0.1, 0.15) is 5.52 Å². The van der Waals surface area contributed by atoms with E-state index in [4.69, 9.17) is 0 Å². The smallest absolute Gasteiger partial charge is 0.337 e. The maximum absolute atomic E-state index is 11.4. The number of aryl methyl sites for hydroxylation is 3. The van der Waals surface area contributed by atoms with Crippen LogP contribution in [-0.2, 0) is 13.6 Å². The van der Waals surface area contributed by atoms with Crippen molar-refractivity contribution in [3.8, 4) is 11.5 Å². The molecule has 0 aliphatic rings. The van der Waals surface area contributed by atoms with Gasteiger partial charge in [-0.25, -0.2) is 14.8 Å². The summed E-state index contributed by atoms with van der Waals surface area (Å²) in [5.41, 5.74) is 4.11. The first-order valence-electron chi connectivity index (χ1n) is 8.17. The quantitative estimate of drug-likeness (QED) is 0.621. The van der Waals surface area contributed by atoms with E-state index in [1.165, 1.54) is 0 Å². The van der Waals surface area contributed by atoms with E-state index in [-0.39, 0.29) is 5.56 Å². The Labute approximate surface area is 144 Å². The number of carbonyl (C=O) groups is 1. The topological polar surface area (TPSA) is 72.9 Å². The number of benzene rings is 1. The molecule has 3 heterocycles. The monoisotopic (exact) mass is 334 g/mol. The lowest BCUT2D eigenvalue weighted by Crippen LogP contribution is -2.03. The SMILES string of the molecule is CCn1c(-c2nc3cc(C(=O)O)c(C)nc3n2C)cc2ccccc21. The Kier molecular flexibility index (Phi) is 3.35. The van der Waals surface area contributed by atoms with E-state index in [9.17, 15) is 9.90 Å². The van der Waals surface area contributed by atoms with Crippen LogP contribution in [0.15, 0.2) is 36.4 Å². The number of hydrogen-bond acceptors (Lipinski definition) is 3. The molecule has 0 amide bonds. The summed E-state index contributed by atoms with van der Waals surface area (Å²) < 4.78 is 4.13. The summed E-state index contributed by atoms with van der Waals surface area (Å²) in [5.74, 6) is -0.204. The highest BCUT2D eigenvalue weighted by atomic mass is 16.4. The van der Waals surface area contributed by atoms with Gasteiger partial charge >= 0.3 is 5.97 Å². The molecule has 0 bridgehead atoms. The fourth-order valence-corrected chi connectivity index (χ4v) is 3.38. The third kappa shape index (κ3) is 2.21. The first-order chi connectivity index (χ1) is 12.0. The Hall–Kier alpha value is -3.15. The number of fused-ring (bicyclic) bond motifs is 2. The van der Waals surface area contributed by atoms with Crippen LogP contribution < -0.4 is 0 Å². The fraction of sp³-hybridized carbons (Fsp3) is 0.211. The summed E-state index contributed by atoms with van der Waals surface area (Å²) in [4.78, 5) is 20.5. The van der Waals surface area contributed by atoms with Crippen molar-refractivity contribution in [1.82, 2.24) is 19.1 Å². The zero-order valence-electron chi connectivity index (χ0n) is 14.3. The maximum atomic E-state index is 11.4. The van der Waals surface area contributed by atoms with Crippen molar-refractivity contribution in [2.75, 3.05) is 0 Å². The van der Waals surface area contributed by atoms with E-state index >= 15 is 0 Å². The molecule has 0 saturated heterocycles. The number of para-hydroxylation sites is 1. The second-order valence-corrected chi connectivity index (χ2v) is 6.10. The molecule has 4 aromatic rings. The molecule has 3 aromatic heterocycles. The molecule has 0 aliphatic heterocycles. The van der Waals surface area contributed by atoms with Gasteiger partial charge in [-0.05, 0) is 32.0 Å². The summed E-state index contributed by atoms with van der Waals surface area (Å²) in [7, 11) is 1.91. The van der Waals surface area contributed by atoms with Gasteiger partial charge in [-0.1, -0.05) is 18.2 Å². The van der Waals surface area contributed by atoms with Crippen LogP contribution in [0.3, 0.4) is 0 Å². The minimum absolute atomic E-state index is 0.188. The summed E-state index contributed by atoms with van der Waals surface area (Å²) in [5, 5.41) is 10.5. The van der Waals surface area contributed by atoms with Crippen LogP contribution in [0.2, 0.25) is 0 Å². The van der Waals surface area contributed by atoms with Crippen LogP contribution in [0.25, 0.3) is 33.6 Å². The van der Waals surface area contributed by atoms with Crippen LogP contribution >= 0.6 is 0 Å². The van der Waals surface area contributed by atoms with E-state index in [2.05, 4.69) is 39.7 Å². The highest BCUT2D eigenvalue weighted by Gasteiger charge is 2.19. The average Bonchev–Trinajstić information content (AvgIpc) is 3.11. The Balaban J connectivity index is 2.02. The van der Waals surface area contributed by atoms with Crippen LogP contribution in [0.1, 0.15) is 23.0 Å². The molecular formula is C19H18N4O2. The lowest BCUT2D eigenvalue weighted by Gasteiger charge is -2.07. The van der Waals surface area contributed by atoms with Crippen molar-refractivity contribution in [2.24, 2.45) is 7.05 Å². The number of carboxylic acid groups (broad SMARTS) is 1. The number of hydrogen-bond donors (Lipinski definition) is 1. The second kappa shape index (κ2) is 5.44. The molecule has 0 unspecified atom stereocenters. The molecule has 4 rings (SSSR count). The van der Waals surface area contributed by atoms with Crippen LogP contribution in [0.4, 0.5) is 0 Å². The highest BCUT2D eigenvalue weighted by molar-refractivity contribution is 5.93. The van der Waals surface area contributed by atoms with Crippen molar-refractivity contribution < 1.29 is 9.90 Å². The minimum atomic E-state index is -0.984. The molecule has 0 saturated carbocycles. The summed E-state index contributed by atoms with van der Waals surface area (Å²) in [6.45, 7) is 4.63. The Bertz CT molecular complexity index is 1140. The number of pyridine rings is 1. The lowest BCUT2D eigenvalue weighted by molar-refractivity contribution is 0.0696. The van der Waals surface area contributed by atoms with Gasteiger partial charge in [-0.2, -0.15) is 0 Å². The molecule has 0 spiro atoms. The zero-order valence-corrected chi connectivity index (χ0v) is 14.3. The van der Waals surface area contributed by atoms with E-state index < -0.39 is 5.97 Å². The molecule has 0 fully saturated rings. The third-order valence-corrected chi connectivity index (χ3v) is 4.62. The van der Waals surface area contributed by atoms with Gasteiger partial charge in [-0.15, -0.1) is 0 Å². The lowest BCUT2D eigenvalue weighted by atomic mass is 10.2. The molecule has 0 aliphatic carbocycles. The summed E-state index contributed by atoms with van der Waals surface area (Å²) in [6, 6.07) is 11.9. The normalized spacial score (nSPS) is 11.5. The predicted molar refractivity (Wildman–Crippen MR) is 96.8 cm³/mol. The second-order valence-electron chi connectivity index (χ2n) is 6.10. The van der Waals surface area contributed by atoms with Crippen LogP contribution in [-0.4, -0.2) is 30.2 Å². The van der Waals surface area contributed by atoms with Crippen molar-refractivity contribution in [2.45, 2.75) is 20.4 Å². The predicted octanol–water partition coefficient (Wildman–Crippen LogP) is 3.62. The summed E-state index contributed by atoms with van der Waals surface area (Å²) in [6.07, 6.45) is 0. The molecular weight excluding hydrogens is 316 g/mol. The van der Waals surface area contributed by atoms with Crippen molar-refractivity contribution in [3.05, 3.63) is 47.7 Å². The first kappa shape index (κ1) is 15.4. The van der Waals surface area contributed by atoms with Crippen LogP contribution in [0, 0.1) is 6.92 Å². The van der Waals surface area contributed by atoms with Gasteiger partial charge < -0.3 is 14.2 Å². The van der Waals surface area contributed by atoms with Crippen LogP contribution in [0.5, 0.6) is 0 Å². The summed E-state index contributed by atoms with van der Waals surface area (Å²) >= 11 is 0. The number of carboxylic acids is 1. The van der Waals surface area contributed by atoms with E-state index in [1.54, 1.807) is 13.0 Å². The van der Waals surface area contributed by atoms with Crippen molar-refractivity contribution in [3.63, 3.8) is 0 Å². The number of nitrogens with zero attached hydrogens (tertiary/aromatic N) is 4. The number of aromatic carboxylic acids is 1. The Morgan fingerprint density at radius 2 is 1.96 bits per heavy atom. The molecule has 126 valence electrons. The van der Waals surface area contributed by atoms with E-state index in [0.29, 0.717) is 16.9 Å². The Morgan fingerprint density at radius 3 is 2.68 bits per heavy atom. The molecule has 0 atom stereocenters. The van der Waals surface area contributed by atoms with Gasteiger partial charge in [0, 0.05) is 24.5 Å². The van der Waals surface area contributed by atoms with Gasteiger partial charge in [-0.3, -0.25) is 0 Å². The average molecular weight is 334 g/mol. The van der Waals surface area contributed by atoms with Crippen molar-refractivity contribution in [1.29, 1.82) is 0 Å². The largest absolute Gasteiger partial charge is 0.478 e. The van der Waals surface area contributed by atoms with Gasteiger partial charge in [0.2, 0.25) is 0 Å². The molecule has 0 radical (unpaired) electrons. The standard InChI is InChI=1S/C19H18N4O2/c1-4-23-15-8-6-5-7-12(15)9-16(23)18-21-14-10-13(19(24)25)11(2)20-17(14)22(18)3/h5-10H,4H2,1-3H3,(H,24,25). The zero-order chi connectivity index (χ0) is 17.7. The highest BCUT2D eigenvalue weighted by Crippen LogP contribution is 2.29. The molecule has 6 nitrogen and oxygen atoms in total. The number of aromatic nitrogens is 4. The minimum Gasteiger partial charge on any atom is -0.478 e. The molecule has 25 heavy (non-hydrogen) atoms. The fourth-order valence-electron chi connectivity index (χ4n) is 3.38. The van der Waals surface area contributed by atoms with Gasteiger partial charge in [0.25, 0.3) is 0 Å². The van der Waals surface area contributed by atoms with Crippen molar-refractivity contribution >= 4 is 28.0 Å². The molecule has 6 heteroatoms. The van der Waals surface area contributed by atoms with Gasteiger partial charge in [0.15, 0.2) is 11.5 Å². The van der Waals surface area contributed by atoms with Gasteiger partial charge in [0.05, 0.1) is 17.0 Å². The molecule has 1 N–H and O–H groups in total. The Morgan fingerprint density at radius 1 is 1.20 bits per heavy atom. The van der Waals surface area contributed by atoms with E-state index in [0.717, 1.165) is 29.0 Å². The number of imidazole rings is 1. The van der Waals surface area contributed by atoms with E-state index in [1.807, 2.05) is 23.7 Å². The third-order valence-electron chi connectivity index (χ3n) is 4.62.